The highest BCUT2D eigenvalue weighted by atomic mass is 32.1. The summed E-state index contributed by atoms with van der Waals surface area (Å²) < 4.78 is 2.10. The van der Waals surface area contributed by atoms with Crippen LogP contribution in [0.4, 0.5) is 0 Å². The summed E-state index contributed by atoms with van der Waals surface area (Å²) in [6.07, 6.45) is 10.6. The fourth-order valence-corrected chi connectivity index (χ4v) is 4.64. The minimum absolute atomic E-state index is 0.535. The summed E-state index contributed by atoms with van der Waals surface area (Å²) in [5, 5.41) is 8.03. The molecule has 4 rings (SSSR count). The van der Waals surface area contributed by atoms with Gasteiger partial charge in [-0.2, -0.15) is 5.10 Å². The second kappa shape index (κ2) is 5.89. The third-order valence-electron chi connectivity index (χ3n) is 4.81. The molecule has 1 saturated carbocycles. The first-order valence-corrected chi connectivity index (χ1v) is 8.92. The summed E-state index contributed by atoms with van der Waals surface area (Å²) >= 11 is 1.87. The Labute approximate surface area is 129 Å². The maximum absolute atomic E-state index is 4.90. The zero-order valence-electron chi connectivity index (χ0n) is 12.3. The predicted octanol–water partition coefficient (Wildman–Crippen LogP) is 3.44. The summed E-state index contributed by atoms with van der Waals surface area (Å²) in [4.78, 5) is 7.41. The van der Waals surface area contributed by atoms with Gasteiger partial charge in [0.25, 0.3) is 0 Å². The highest BCUT2D eigenvalue weighted by Crippen LogP contribution is 2.35. The molecule has 2 fully saturated rings. The van der Waals surface area contributed by atoms with Crippen molar-refractivity contribution in [2.45, 2.75) is 50.6 Å². The van der Waals surface area contributed by atoms with Crippen molar-refractivity contribution in [3.63, 3.8) is 0 Å². The van der Waals surface area contributed by atoms with Crippen LogP contribution in [-0.2, 0) is 6.54 Å². The zero-order valence-corrected chi connectivity index (χ0v) is 13.1. The van der Waals surface area contributed by atoms with Gasteiger partial charge in [-0.3, -0.25) is 9.58 Å². The molecule has 1 aliphatic heterocycles. The summed E-state index contributed by atoms with van der Waals surface area (Å²) in [6, 6.07) is 2.55. The largest absolute Gasteiger partial charge is 0.295 e. The van der Waals surface area contributed by atoms with Crippen molar-refractivity contribution in [2.24, 2.45) is 0 Å². The molecule has 2 aromatic rings. The van der Waals surface area contributed by atoms with Crippen LogP contribution in [0.25, 0.3) is 0 Å². The van der Waals surface area contributed by atoms with Crippen LogP contribution in [0.1, 0.15) is 54.8 Å². The van der Waals surface area contributed by atoms with Crippen molar-refractivity contribution in [3.8, 4) is 0 Å². The number of rotatable bonds is 4. The summed E-state index contributed by atoms with van der Waals surface area (Å²) in [5.41, 5.74) is 1.27. The molecule has 21 heavy (non-hydrogen) atoms. The third kappa shape index (κ3) is 2.90. The van der Waals surface area contributed by atoms with E-state index in [0.29, 0.717) is 6.04 Å². The summed E-state index contributed by atoms with van der Waals surface area (Å²) in [5.74, 6) is 0.749. The average Bonchev–Trinajstić information content (AvgIpc) is 3.28. The quantitative estimate of drug-likeness (QED) is 0.867. The van der Waals surface area contributed by atoms with Crippen LogP contribution < -0.4 is 0 Å². The van der Waals surface area contributed by atoms with E-state index < -0.39 is 0 Å². The van der Waals surface area contributed by atoms with Gasteiger partial charge in [0, 0.05) is 43.3 Å². The van der Waals surface area contributed by atoms with Gasteiger partial charge in [-0.05, 0) is 25.3 Å². The fraction of sp³-hybridized carbons (Fsp3) is 0.625. The highest BCUT2D eigenvalue weighted by molar-refractivity contribution is 7.09. The highest BCUT2D eigenvalue weighted by Gasteiger charge is 2.25. The summed E-state index contributed by atoms with van der Waals surface area (Å²) in [7, 11) is 0. The van der Waals surface area contributed by atoms with Crippen molar-refractivity contribution >= 4 is 11.3 Å². The first kappa shape index (κ1) is 13.5. The maximum atomic E-state index is 4.90. The predicted molar refractivity (Wildman–Crippen MR) is 84.5 cm³/mol. The summed E-state index contributed by atoms with van der Waals surface area (Å²) in [6.45, 7) is 3.25. The second-order valence-corrected chi connectivity index (χ2v) is 7.21. The van der Waals surface area contributed by atoms with Gasteiger partial charge in [0.15, 0.2) is 0 Å². The van der Waals surface area contributed by atoms with Gasteiger partial charge < -0.3 is 0 Å². The standard InChI is InChI=1S/C16H22N4S/c1-2-5-13(4-1)16-18-14(12-21-16)10-19-9-6-15(11-19)20-8-3-7-17-20/h3,7-8,12-13,15H,1-2,4-6,9-11H2. The molecule has 1 atom stereocenters. The van der Waals surface area contributed by atoms with Crippen LogP contribution in [0.2, 0.25) is 0 Å². The Morgan fingerprint density at radius 3 is 2.95 bits per heavy atom. The van der Waals surface area contributed by atoms with Gasteiger partial charge >= 0.3 is 0 Å². The van der Waals surface area contributed by atoms with E-state index in [2.05, 4.69) is 26.3 Å². The van der Waals surface area contributed by atoms with Gasteiger partial charge in [0.05, 0.1) is 16.7 Å². The molecule has 4 nitrogen and oxygen atoms in total. The van der Waals surface area contributed by atoms with Gasteiger partial charge in [-0.15, -0.1) is 11.3 Å². The van der Waals surface area contributed by atoms with Gasteiger partial charge in [0.1, 0.15) is 0 Å². The van der Waals surface area contributed by atoms with E-state index in [0.717, 1.165) is 25.6 Å². The van der Waals surface area contributed by atoms with Crippen LogP contribution in [0.5, 0.6) is 0 Å². The normalized spacial score (nSPS) is 24.1. The Bertz CT molecular complexity index is 571. The van der Waals surface area contributed by atoms with Crippen molar-refractivity contribution < 1.29 is 0 Å². The number of likely N-dealkylation sites (tertiary alicyclic amines) is 1. The van der Waals surface area contributed by atoms with Crippen molar-refractivity contribution in [2.75, 3.05) is 13.1 Å². The number of nitrogens with zero attached hydrogens (tertiary/aromatic N) is 4. The molecular formula is C16H22N4S. The molecule has 5 heteroatoms. The molecule has 2 aliphatic rings. The maximum Gasteiger partial charge on any atom is 0.0959 e. The van der Waals surface area contributed by atoms with Crippen LogP contribution in [0.3, 0.4) is 0 Å². The first-order chi connectivity index (χ1) is 10.4. The van der Waals surface area contributed by atoms with Crippen molar-refractivity contribution in [1.29, 1.82) is 0 Å². The van der Waals surface area contributed by atoms with Gasteiger partial charge in [0.2, 0.25) is 0 Å². The lowest BCUT2D eigenvalue weighted by Gasteiger charge is -2.14. The van der Waals surface area contributed by atoms with Crippen molar-refractivity contribution in [3.05, 3.63) is 34.5 Å². The Balaban J connectivity index is 1.36. The molecule has 0 aromatic carbocycles. The molecule has 1 saturated heterocycles. The molecule has 0 bridgehead atoms. The van der Waals surface area contributed by atoms with Crippen LogP contribution in [0, 0.1) is 0 Å². The minimum atomic E-state index is 0.535. The molecule has 0 amide bonds. The van der Waals surface area contributed by atoms with E-state index in [-0.39, 0.29) is 0 Å². The van der Waals surface area contributed by atoms with E-state index in [4.69, 9.17) is 4.98 Å². The lowest BCUT2D eigenvalue weighted by Crippen LogP contribution is -2.21. The third-order valence-corrected chi connectivity index (χ3v) is 5.86. The first-order valence-electron chi connectivity index (χ1n) is 8.04. The Hall–Kier alpha value is -1.20. The van der Waals surface area contributed by atoms with Gasteiger partial charge in [-0.1, -0.05) is 12.8 Å². The lowest BCUT2D eigenvalue weighted by molar-refractivity contribution is 0.308. The number of hydrogen-bond acceptors (Lipinski definition) is 4. The fourth-order valence-electron chi connectivity index (χ4n) is 3.65. The molecule has 3 heterocycles. The Morgan fingerprint density at radius 1 is 1.24 bits per heavy atom. The molecule has 1 aliphatic carbocycles. The monoisotopic (exact) mass is 302 g/mol. The minimum Gasteiger partial charge on any atom is -0.295 e. The van der Waals surface area contributed by atoms with Crippen LogP contribution in [-0.4, -0.2) is 32.8 Å². The number of aromatic nitrogens is 3. The molecular weight excluding hydrogens is 280 g/mol. The molecule has 0 spiro atoms. The number of thiazole rings is 1. The van der Waals surface area contributed by atoms with E-state index >= 15 is 0 Å². The van der Waals surface area contributed by atoms with E-state index in [1.54, 1.807) is 0 Å². The average molecular weight is 302 g/mol. The molecule has 0 radical (unpaired) electrons. The lowest BCUT2D eigenvalue weighted by atomic mass is 10.1. The SMILES string of the molecule is c1cnn(C2CCN(Cc3csc(C4CCCC4)n3)C2)c1. The number of hydrogen-bond donors (Lipinski definition) is 0. The topological polar surface area (TPSA) is 34.0 Å². The molecule has 0 N–H and O–H groups in total. The van der Waals surface area contributed by atoms with E-state index in [1.165, 1.54) is 42.8 Å². The van der Waals surface area contributed by atoms with Crippen LogP contribution in [0.15, 0.2) is 23.8 Å². The smallest absolute Gasteiger partial charge is 0.0959 e. The zero-order chi connectivity index (χ0) is 14.1. The Morgan fingerprint density at radius 2 is 2.14 bits per heavy atom. The van der Waals surface area contributed by atoms with Gasteiger partial charge in [-0.25, -0.2) is 4.98 Å². The van der Waals surface area contributed by atoms with Crippen LogP contribution >= 0.6 is 11.3 Å². The Kier molecular flexibility index (Phi) is 3.78. The molecule has 112 valence electrons. The molecule has 2 aromatic heterocycles. The second-order valence-electron chi connectivity index (χ2n) is 6.32. The van der Waals surface area contributed by atoms with Crippen molar-refractivity contribution in [1.82, 2.24) is 19.7 Å². The molecule has 1 unspecified atom stereocenters. The van der Waals surface area contributed by atoms with E-state index in [9.17, 15) is 0 Å². The van der Waals surface area contributed by atoms with E-state index in [1.807, 2.05) is 23.6 Å².